The summed E-state index contributed by atoms with van der Waals surface area (Å²) in [6.07, 6.45) is 9.70. The Bertz CT molecular complexity index is 785. The van der Waals surface area contributed by atoms with Crippen LogP contribution in [0.15, 0.2) is 36.0 Å². The smallest absolute Gasteiger partial charge is 0.337 e. The summed E-state index contributed by atoms with van der Waals surface area (Å²) in [5.74, 6) is -3.97. The van der Waals surface area contributed by atoms with E-state index in [2.05, 4.69) is 19.6 Å². The monoisotopic (exact) mass is 372 g/mol. The quantitative estimate of drug-likeness (QED) is 0.511. The van der Waals surface area contributed by atoms with Crippen LogP contribution in [0.3, 0.4) is 0 Å². The van der Waals surface area contributed by atoms with Crippen LogP contribution >= 0.6 is 0 Å². The van der Waals surface area contributed by atoms with Crippen LogP contribution in [-0.2, 0) is 9.59 Å². The molecule has 4 aliphatic rings. The maximum Gasteiger partial charge on any atom is 0.339 e. The molecule has 4 rings (SSSR count). The Hall–Kier alpha value is -1.56. The molecule has 0 saturated heterocycles. The van der Waals surface area contributed by atoms with E-state index in [1.54, 1.807) is 12.2 Å². The van der Waals surface area contributed by atoms with Gasteiger partial charge >= 0.3 is 5.97 Å². The number of rotatable bonds is 2. The molecule has 0 aliphatic heterocycles. The molecule has 0 spiro atoms. The summed E-state index contributed by atoms with van der Waals surface area (Å²) in [7, 11) is 0. The van der Waals surface area contributed by atoms with Crippen molar-refractivity contribution in [2.24, 2.45) is 34.5 Å². The minimum atomic E-state index is -3.32. The molecule has 0 aromatic rings. The lowest BCUT2D eigenvalue weighted by atomic mass is 9.47. The van der Waals surface area contributed by atoms with Gasteiger partial charge in [0.15, 0.2) is 5.78 Å². The zero-order valence-electron chi connectivity index (χ0n) is 15.9. The van der Waals surface area contributed by atoms with Crippen molar-refractivity contribution in [3.8, 4) is 0 Å². The highest BCUT2D eigenvalue weighted by Gasteiger charge is 2.62. The van der Waals surface area contributed by atoms with Gasteiger partial charge in [0.05, 0.1) is 5.92 Å². The molecule has 5 nitrogen and oxygen atoms in total. The number of hydrogen-bond donors (Lipinski definition) is 3. The Labute approximate surface area is 159 Å². The van der Waals surface area contributed by atoms with Gasteiger partial charge in [-0.05, 0) is 67.4 Å². The molecule has 0 aromatic heterocycles. The maximum absolute atomic E-state index is 12.6. The predicted molar refractivity (Wildman–Crippen MR) is 99.0 cm³/mol. The zero-order chi connectivity index (χ0) is 19.8. The van der Waals surface area contributed by atoms with Gasteiger partial charge in [0.2, 0.25) is 5.78 Å². The van der Waals surface area contributed by atoms with E-state index in [4.69, 9.17) is 0 Å². The molecule has 146 valence electrons. The van der Waals surface area contributed by atoms with E-state index in [0.29, 0.717) is 23.8 Å². The second-order valence-corrected chi connectivity index (χ2v) is 9.44. The number of Topliss-reactive ketones (excluding diaryl/α,β-unsaturated/α-hetero) is 1. The summed E-state index contributed by atoms with van der Waals surface area (Å²) in [5, 5.41) is 28.5. The van der Waals surface area contributed by atoms with Crippen LogP contribution in [0.2, 0.25) is 0 Å². The van der Waals surface area contributed by atoms with Crippen LogP contribution in [-0.4, -0.2) is 32.9 Å². The molecular weight excluding hydrogens is 344 g/mol. The van der Waals surface area contributed by atoms with Gasteiger partial charge in [0.1, 0.15) is 0 Å². The number of aliphatic hydroxyl groups is 3. The lowest BCUT2D eigenvalue weighted by Gasteiger charge is -2.56. The predicted octanol–water partition coefficient (Wildman–Crippen LogP) is 2.28. The Morgan fingerprint density at radius 3 is 2.59 bits per heavy atom. The van der Waals surface area contributed by atoms with Crippen molar-refractivity contribution in [1.82, 2.24) is 0 Å². The Balaban J connectivity index is 1.69. The second-order valence-electron chi connectivity index (χ2n) is 9.44. The van der Waals surface area contributed by atoms with Crippen LogP contribution in [0.4, 0.5) is 0 Å². The van der Waals surface area contributed by atoms with Crippen molar-refractivity contribution in [1.29, 1.82) is 0 Å². The van der Waals surface area contributed by atoms with E-state index in [0.717, 1.165) is 25.7 Å². The van der Waals surface area contributed by atoms with Crippen molar-refractivity contribution in [3.63, 3.8) is 0 Å². The van der Waals surface area contributed by atoms with Gasteiger partial charge in [-0.3, -0.25) is 9.59 Å². The lowest BCUT2D eigenvalue weighted by molar-refractivity contribution is -0.291. The molecule has 0 amide bonds. The number of allylic oxidation sites excluding steroid dienone is 5. The molecule has 0 radical (unpaired) electrons. The first kappa shape index (κ1) is 18.8. The van der Waals surface area contributed by atoms with Crippen LogP contribution in [0, 0.1) is 34.5 Å². The fourth-order valence-electron chi connectivity index (χ4n) is 6.83. The average Bonchev–Trinajstić information content (AvgIpc) is 2.84. The summed E-state index contributed by atoms with van der Waals surface area (Å²) >= 11 is 0. The highest BCUT2D eigenvalue weighted by atomic mass is 16.7. The largest absolute Gasteiger partial charge is 0.339 e. The third-order valence-electron chi connectivity index (χ3n) is 8.14. The standard InChI is InChI=1S/C22H28O5/c1-12-10-17-15-5-4-13-11-14(23)6-8-20(13,2)16(15)7-9-21(17,3)18(12)19(24)22(25,26)27/h6,8,11,15-18,25-27H,1,4-5,7,9-10H2,2-3H3/t15-,16+,17+,18-,20+,21+/m1/s1. The van der Waals surface area contributed by atoms with Gasteiger partial charge in [-0.1, -0.05) is 37.6 Å². The number of ketones is 2. The zero-order valence-corrected chi connectivity index (χ0v) is 15.9. The van der Waals surface area contributed by atoms with Gasteiger partial charge in [0.25, 0.3) is 0 Å². The number of hydrogen-bond acceptors (Lipinski definition) is 5. The fourth-order valence-corrected chi connectivity index (χ4v) is 6.83. The highest BCUT2D eigenvalue weighted by Crippen LogP contribution is 2.67. The van der Waals surface area contributed by atoms with Crippen molar-refractivity contribution in [3.05, 3.63) is 36.0 Å². The van der Waals surface area contributed by atoms with Crippen molar-refractivity contribution >= 4 is 11.6 Å². The SMILES string of the molecule is C=C1C[C@H]2[C@@H]3CCC4=CC(=O)C=C[C@]4(C)[C@H]3CC[C@]2(C)[C@H]1C(=O)C(O)(O)O. The summed E-state index contributed by atoms with van der Waals surface area (Å²) < 4.78 is 0. The first-order valence-electron chi connectivity index (χ1n) is 9.82. The lowest BCUT2D eigenvalue weighted by Crippen LogP contribution is -2.53. The molecular formula is C22H28O5. The van der Waals surface area contributed by atoms with Gasteiger partial charge in [-0.25, -0.2) is 0 Å². The summed E-state index contributed by atoms with van der Waals surface area (Å²) in [6.45, 7) is 8.31. The third-order valence-corrected chi connectivity index (χ3v) is 8.14. The molecule has 3 N–H and O–H groups in total. The van der Waals surface area contributed by atoms with E-state index in [-0.39, 0.29) is 17.1 Å². The van der Waals surface area contributed by atoms with Crippen molar-refractivity contribution < 1.29 is 24.9 Å². The van der Waals surface area contributed by atoms with Gasteiger partial charge in [-0.15, -0.1) is 0 Å². The summed E-state index contributed by atoms with van der Waals surface area (Å²) in [4.78, 5) is 24.4. The van der Waals surface area contributed by atoms with E-state index >= 15 is 0 Å². The third kappa shape index (κ3) is 2.55. The molecule has 6 atom stereocenters. The van der Waals surface area contributed by atoms with Crippen LogP contribution < -0.4 is 0 Å². The normalized spacial score (nSPS) is 43.7. The number of carbonyl (C=O) groups excluding carboxylic acids is 2. The minimum absolute atomic E-state index is 0.0617. The van der Waals surface area contributed by atoms with Crippen molar-refractivity contribution in [2.75, 3.05) is 0 Å². The van der Waals surface area contributed by atoms with Crippen molar-refractivity contribution in [2.45, 2.75) is 51.9 Å². The molecule has 27 heavy (non-hydrogen) atoms. The first-order valence-corrected chi connectivity index (χ1v) is 9.82. The van der Waals surface area contributed by atoms with E-state index in [1.807, 2.05) is 6.92 Å². The molecule has 0 bridgehead atoms. The molecule has 0 unspecified atom stereocenters. The molecule has 5 heteroatoms. The van der Waals surface area contributed by atoms with E-state index in [1.165, 1.54) is 5.57 Å². The van der Waals surface area contributed by atoms with Crippen LogP contribution in [0.5, 0.6) is 0 Å². The second kappa shape index (κ2) is 5.72. The van der Waals surface area contributed by atoms with Crippen LogP contribution in [0.1, 0.15) is 46.0 Å². The molecule has 3 saturated carbocycles. The minimum Gasteiger partial charge on any atom is -0.337 e. The summed E-state index contributed by atoms with van der Waals surface area (Å²) in [5.41, 5.74) is 1.34. The topological polar surface area (TPSA) is 94.8 Å². The maximum atomic E-state index is 12.6. The molecule has 4 aliphatic carbocycles. The summed E-state index contributed by atoms with van der Waals surface area (Å²) in [6, 6.07) is 0. The average molecular weight is 372 g/mol. The van der Waals surface area contributed by atoms with Gasteiger partial charge in [0, 0.05) is 5.41 Å². The van der Waals surface area contributed by atoms with Gasteiger partial charge in [-0.2, -0.15) is 0 Å². The molecule has 0 heterocycles. The number of fused-ring (bicyclic) bond motifs is 5. The van der Waals surface area contributed by atoms with Crippen LogP contribution in [0.25, 0.3) is 0 Å². The van der Waals surface area contributed by atoms with E-state index < -0.39 is 23.1 Å². The Morgan fingerprint density at radius 1 is 1.22 bits per heavy atom. The number of carbonyl (C=O) groups is 2. The highest BCUT2D eigenvalue weighted by molar-refractivity contribution is 6.01. The Morgan fingerprint density at radius 2 is 1.93 bits per heavy atom. The fraction of sp³-hybridized carbons (Fsp3) is 0.636. The molecule has 0 aromatic carbocycles. The van der Waals surface area contributed by atoms with Gasteiger partial charge < -0.3 is 15.3 Å². The molecule has 3 fully saturated rings. The first-order chi connectivity index (χ1) is 12.5. The van der Waals surface area contributed by atoms with E-state index in [9.17, 15) is 24.9 Å². The Kier molecular flexibility index (Phi) is 3.98.